The minimum absolute atomic E-state index is 0.524. The largest absolute Gasteiger partial charge is 0.232 e. The molecule has 0 bridgehead atoms. The monoisotopic (exact) mass is 356 g/mol. The van der Waals surface area contributed by atoms with Crippen LogP contribution in [-0.2, 0) is 0 Å². The summed E-state index contributed by atoms with van der Waals surface area (Å²) in [4.78, 5) is 8.89. The summed E-state index contributed by atoms with van der Waals surface area (Å²) in [6.45, 7) is 0. The molecular formula is C13H10ClIN2. The fourth-order valence-electron chi connectivity index (χ4n) is 1.73. The van der Waals surface area contributed by atoms with Crippen molar-refractivity contribution >= 4 is 34.2 Å². The zero-order valence-electron chi connectivity index (χ0n) is 9.03. The first-order chi connectivity index (χ1) is 8.22. The molecule has 1 aliphatic carbocycles. The lowest BCUT2D eigenvalue weighted by Crippen LogP contribution is -1.95. The standard InChI is InChI=1S/C13H10ClIN2/c14-12-7-11(8-3-5-10(15)6-4-8)16-13(17-12)9-1-2-9/h3-7,9H,1-2H2. The number of benzene rings is 1. The van der Waals surface area contributed by atoms with Gasteiger partial charge in [-0.2, -0.15) is 0 Å². The highest BCUT2D eigenvalue weighted by Gasteiger charge is 2.27. The number of nitrogens with zero attached hydrogens (tertiary/aromatic N) is 2. The van der Waals surface area contributed by atoms with E-state index in [4.69, 9.17) is 11.6 Å². The molecule has 1 aromatic carbocycles. The highest BCUT2D eigenvalue weighted by atomic mass is 127. The normalized spacial score (nSPS) is 14.9. The molecule has 0 saturated heterocycles. The van der Waals surface area contributed by atoms with Crippen molar-refractivity contribution in [2.75, 3.05) is 0 Å². The topological polar surface area (TPSA) is 25.8 Å². The highest BCUT2D eigenvalue weighted by Crippen LogP contribution is 2.39. The number of hydrogen-bond acceptors (Lipinski definition) is 2. The quantitative estimate of drug-likeness (QED) is 0.593. The van der Waals surface area contributed by atoms with Crippen molar-refractivity contribution in [1.82, 2.24) is 9.97 Å². The van der Waals surface area contributed by atoms with Gasteiger partial charge >= 0.3 is 0 Å². The van der Waals surface area contributed by atoms with Gasteiger partial charge < -0.3 is 0 Å². The Labute approximate surface area is 119 Å². The van der Waals surface area contributed by atoms with E-state index in [2.05, 4.69) is 56.8 Å². The first-order valence-corrected chi connectivity index (χ1v) is 6.98. The maximum absolute atomic E-state index is 6.05. The van der Waals surface area contributed by atoms with Crippen LogP contribution < -0.4 is 0 Å². The molecule has 1 aliphatic rings. The van der Waals surface area contributed by atoms with E-state index in [1.54, 1.807) is 0 Å². The van der Waals surface area contributed by atoms with Crippen LogP contribution in [0.1, 0.15) is 24.6 Å². The molecule has 1 heterocycles. The molecule has 0 atom stereocenters. The SMILES string of the molecule is Clc1cc(-c2ccc(I)cc2)nc(C2CC2)n1. The lowest BCUT2D eigenvalue weighted by atomic mass is 10.1. The lowest BCUT2D eigenvalue weighted by Gasteiger charge is -2.04. The first kappa shape index (κ1) is 11.4. The second kappa shape index (κ2) is 4.53. The van der Waals surface area contributed by atoms with E-state index < -0.39 is 0 Å². The molecule has 2 aromatic rings. The van der Waals surface area contributed by atoms with Gasteiger partial charge in [0.2, 0.25) is 0 Å². The fraction of sp³-hybridized carbons (Fsp3) is 0.231. The summed E-state index contributed by atoms with van der Waals surface area (Å²) in [7, 11) is 0. The Morgan fingerprint density at radius 2 is 1.82 bits per heavy atom. The predicted octanol–water partition coefficient (Wildman–Crippen LogP) is 4.28. The Kier molecular flexibility index (Phi) is 3.04. The Bertz CT molecular complexity index is 550. The molecule has 17 heavy (non-hydrogen) atoms. The third-order valence-electron chi connectivity index (χ3n) is 2.79. The zero-order valence-corrected chi connectivity index (χ0v) is 11.9. The van der Waals surface area contributed by atoms with Crippen LogP contribution in [0.5, 0.6) is 0 Å². The van der Waals surface area contributed by atoms with Gasteiger partial charge in [0.1, 0.15) is 11.0 Å². The maximum atomic E-state index is 6.05. The summed E-state index contributed by atoms with van der Waals surface area (Å²) in [6, 6.07) is 10.1. The van der Waals surface area contributed by atoms with Crippen LogP contribution in [0.2, 0.25) is 5.15 Å². The van der Waals surface area contributed by atoms with E-state index in [1.807, 2.05) is 6.07 Å². The Balaban J connectivity index is 2.04. The number of hydrogen-bond donors (Lipinski definition) is 0. The molecule has 4 heteroatoms. The Hall–Kier alpha value is -0.680. The van der Waals surface area contributed by atoms with E-state index in [0.717, 1.165) is 17.1 Å². The van der Waals surface area contributed by atoms with Crippen molar-refractivity contribution in [2.24, 2.45) is 0 Å². The summed E-state index contributed by atoms with van der Waals surface area (Å²) in [5.41, 5.74) is 2.01. The third kappa shape index (κ3) is 2.60. The Morgan fingerprint density at radius 3 is 2.47 bits per heavy atom. The van der Waals surface area contributed by atoms with E-state index in [9.17, 15) is 0 Å². The minimum atomic E-state index is 0.524. The summed E-state index contributed by atoms with van der Waals surface area (Å²) >= 11 is 8.34. The second-order valence-electron chi connectivity index (χ2n) is 4.22. The number of aromatic nitrogens is 2. The average molecular weight is 357 g/mol. The van der Waals surface area contributed by atoms with Gasteiger partial charge in [0.25, 0.3) is 0 Å². The van der Waals surface area contributed by atoms with Crippen LogP contribution in [-0.4, -0.2) is 9.97 Å². The van der Waals surface area contributed by atoms with Crippen molar-refractivity contribution in [1.29, 1.82) is 0 Å². The fourth-order valence-corrected chi connectivity index (χ4v) is 2.28. The van der Waals surface area contributed by atoms with E-state index in [-0.39, 0.29) is 0 Å². The predicted molar refractivity (Wildman–Crippen MR) is 77.2 cm³/mol. The molecule has 0 N–H and O–H groups in total. The smallest absolute Gasteiger partial charge is 0.133 e. The lowest BCUT2D eigenvalue weighted by molar-refractivity contribution is 0.931. The highest BCUT2D eigenvalue weighted by molar-refractivity contribution is 14.1. The van der Waals surface area contributed by atoms with Crippen molar-refractivity contribution < 1.29 is 0 Å². The molecule has 1 saturated carbocycles. The number of halogens is 2. The molecule has 0 amide bonds. The zero-order chi connectivity index (χ0) is 11.8. The van der Waals surface area contributed by atoms with Crippen LogP contribution in [0.25, 0.3) is 11.3 Å². The van der Waals surface area contributed by atoms with Gasteiger partial charge in [-0.3, -0.25) is 0 Å². The van der Waals surface area contributed by atoms with E-state index in [0.29, 0.717) is 11.1 Å². The third-order valence-corrected chi connectivity index (χ3v) is 3.71. The van der Waals surface area contributed by atoms with Gasteiger partial charge in [-0.05, 0) is 47.6 Å². The molecule has 1 aromatic heterocycles. The molecule has 0 spiro atoms. The molecule has 2 nitrogen and oxygen atoms in total. The van der Waals surface area contributed by atoms with Gasteiger partial charge in [0.15, 0.2) is 0 Å². The van der Waals surface area contributed by atoms with Gasteiger partial charge in [0.05, 0.1) is 5.69 Å². The average Bonchev–Trinajstić information content (AvgIpc) is 3.13. The van der Waals surface area contributed by atoms with Crippen LogP contribution >= 0.6 is 34.2 Å². The van der Waals surface area contributed by atoms with Crippen LogP contribution in [0, 0.1) is 3.57 Å². The summed E-state index contributed by atoms with van der Waals surface area (Å²) in [5, 5.41) is 0.537. The van der Waals surface area contributed by atoms with Crippen molar-refractivity contribution in [3.63, 3.8) is 0 Å². The molecular weight excluding hydrogens is 347 g/mol. The van der Waals surface area contributed by atoms with Crippen molar-refractivity contribution in [3.05, 3.63) is 44.9 Å². The van der Waals surface area contributed by atoms with Crippen molar-refractivity contribution in [2.45, 2.75) is 18.8 Å². The first-order valence-electron chi connectivity index (χ1n) is 5.53. The molecule has 3 rings (SSSR count). The van der Waals surface area contributed by atoms with Gasteiger partial charge in [-0.15, -0.1) is 0 Å². The molecule has 0 aliphatic heterocycles. The summed E-state index contributed by atoms with van der Waals surface area (Å²) in [6.07, 6.45) is 2.37. The number of rotatable bonds is 2. The van der Waals surface area contributed by atoms with Gasteiger partial charge in [0, 0.05) is 21.1 Å². The summed E-state index contributed by atoms with van der Waals surface area (Å²) in [5.74, 6) is 1.42. The molecule has 0 radical (unpaired) electrons. The van der Waals surface area contributed by atoms with Crippen LogP contribution in [0.3, 0.4) is 0 Å². The molecule has 0 unspecified atom stereocenters. The molecule has 1 fully saturated rings. The van der Waals surface area contributed by atoms with E-state index in [1.165, 1.54) is 16.4 Å². The Morgan fingerprint density at radius 1 is 1.12 bits per heavy atom. The second-order valence-corrected chi connectivity index (χ2v) is 5.85. The van der Waals surface area contributed by atoms with Gasteiger partial charge in [-0.25, -0.2) is 9.97 Å². The van der Waals surface area contributed by atoms with E-state index >= 15 is 0 Å². The maximum Gasteiger partial charge on any atom is 0.133 e. The minimum Gasteiger partial charge on any atom is -0.232 e. The van der Waals surface area contributed by atoms with Crippen LogP contribution in [0.15, 0.2) is 30.3 Å². The van der Waals surface area contributed by atoms with Crippen molar-refractivity contribution in [3.8, 4) is 11.3 Å². The molecule has 86 valence electrons. The summed E-state index contributed by atoms with van der Waals surface area (Å²) < 4.78 is 1.22. The van der Waals surface area contributed by atoms with Gasteiger partial charge in [-0.1, -0.05) is 23.7 Å². The van der Waals surface area contributed by atoms with Crippen LogP contribution in [0.4, 0.5) is 0 Å².